The van der Waals surface area contributed by atoms with Gasteiger partial charge < -0.3 is 10.0 Å². The predicted octanol–water partition coefficient (Wildman–Crippen LogP) is 2.20. The van der Waals surface area contributed by atoms with Crippen molar-refractivity contribution in [3.05, 3.63) is 29.8 Å². The molecule has 0 aromatic heterocycles. The van der Waals surface area contributed by atoms with Gasteiger partial charge in [-0.05, 0) is 19.9 Å². The van der Waals surface area contributed by atoms with E-state index in [1.54, 1.807) is 0 Å². The van der Waals surface area contributed by atoms with E-state index in [1.165, 1.54) is 0 Å². The molecule has 1 aromatic rings. The summed E-state index contributed by atoms with van der Waals surface area (Å²) in [6.07, 6.45) is 4.42. The predicted molar refractivity (Wildman–Crippen MR) is 63.8 cm³/mol. The van der Waals surface area contributed by atoms with E-state index in [-0.39, 0.29) is 0 Å². The number of terminal acetylenes is 1. The molecule has 1 rings (SSSR count). The number of aliphatic hydroxyl groups excluding tert-OH is 1. The van der Waals surface area contributed by atoms with Crippen LogP contribution in [-0.2, 0) is 0 Å². The van der Waals surface area contributed by atoms with E-state index >= 15 is 0 Å². The van der Waals surface area contributed by atoms with Crippen LogP contribution in [0.4, 0.5) is 5.69 Å². The Morgan fingerprint density at radius 2 is 1.93 bits per heavy atom. The lowest BCUT2D eigenvalue weighted by Crippen LogP contribution is -2.23. The fourth-order valence-corrected chi connectivity index (χ4v) is 1.66. The maximum Gasteiger partial charge on any atom is 0.141 e. The van der Waals surface area contributed by atoms with E-state index in [0.717, 1.165) is 24.3 Å². The quantitative estimate of drug-likeness (QED) is 0.758. The molecule has 0 saturated heterocycles. The summed E-state index contributed by atoms with van der Waals surface area (Å²) < 4.78 is 0. The summed E-state index contributed by atoms with van der Waals surface area (Å²) in [5.74, 6) is 2.35. The highest BCUT2D eigenvalue weighted by molar-refractivity contribution is 5.55. The van der Waals surface area contributed by atoms with E-state index in [9.17, 15) is 5.11 Å². The van der Waals surface area contributed by atoms with Crippen LogP contribution in [0.3, 0.4) is 0 Å². The summed E-state index contributed by atoms with van der Waals surface area (Å²) in [5, 5.41) is 9.69. The monoisotopic (exact) mass is 203 g/mol. The molecule has 0 aliphatic heterocycles. The number of hydrogen-bond donors (Lipinski definition) is 1. The maximum atomic E-state index is 9.69. The SMILES string of the molecule is C#CC(O)c1ccccc1N(CC)CC. The Kier molecular flexibility index (Phi) is 4.20. The van der Waals surface area contributed by atoms with Gasteiger partial charge in [0, 0.05) is 24.3 Å². The molecule has 1 unspecified atom stereocenters. The minimum Gasteiger partial charge on any atom is -0.376 e. The highest BCUT2D eigenvalue weighted by Gasteiger charge is 2.12. The molecule has 0 heterocycles. The van der Waals surface area contributed by atoms with Crippen LogP contribution in [0.15, 0.2) is 24.3 Å². The summed E-state index contributed by atoms with van der Waals surface area (Å²) in [5.41, 5.74) is 1.83. The zero-order chi connectivity index (χ0) is 11.3. The Balaban J connectivity index is 3.11. The van der Waals surface area contributed by atoms with Gasteiger partial charge in [0.1, 0.15) is 6.10 Å². The molecule has 2 nitrogen and oxygen atoms in total. The van der Waals surface area contributed by atoms with Crippen LogP contribution in [0.25, 0.3) is 0 Å². The van der Waals surface area contributed by atoms with Crippen LogP contribution in [-0.4, -0.2) is 18.2 Å². The third kappa shape index (κ3) is 2.51. The lowest BCUT2D eigenvalue weighted by Gasteiger charge is -2.24. The molecule has 1 atom stereocenters. The molecule has 0 spiro atoms. The molecule has 0 aliphatic rings. The van der Waals surface area contributed by atoms with Gasteiger partial charge >= 0.3 is 0 Å². The van der Waals surface area contributed by atoms with E-state index in [1.807, 2.05) is 24.3 Å². The molecular formula is C13H17NO. The van der Waals surface area contributed by atoms with Crippen molar-refractivity contribution >= 4 is 5.69 Å². The van der Waals surface area contributed by atoms with E-state index in [4.69, 9.17) is 6.42 Å². The van der Waals surface area contributed by atoms with Gasteiger partial charge in [-0.2, -0.15) is 0 Å². The topological polar surface area (TPSA) is 23.5 Å². The Labute approximate surface area is 91.5 Å². The molecule has 0 aliphatic carbocycles. The van der Waals surface area contributed by atoms with Crippen molar-refractivity contribution in [3.8, 4) is 12.3 Å². The number of rotatable bonds is 4. The van der Waals surface area contributed by atoms with Gasteiger partial charge in [0.2, 0.25) is 0 Å². The largest absolute Gasteiger partial charge is 0.376 e. The molecule has 0 radical (unpaired) electrons. The normalized spacial score (nSPS) is 11.9. The fraction of sp³-hybridized carbons (Fsp3) is 0.385. The number of para-hydroxylation sites is 1. The van der Waals surface area contributed by atoms with Crippen molar-refractivity contribution in [3.63, 3.8) is 0 Å². The van der Waals surface area contributed by atoms with E-state index in [0.29, 0.717) is 0 Å². The summed E-state index contributed by atoms with van der Waals surface area (Å²) in [6, 6.07) is 7.71. The number of benzene rings is 1. The number of aliphatic hydroxyl groups is 1. The van der Waals surface area contributed by atoms with Crippen molar-refractivity contribution < 1.29 is 5.11 Å². The average Bonchev–Trinajstić information content (AvgIpc) is 2.30. The first-order valence-electron chi connectivity index (χ1n) is 5.22. The van der Waals surface area contributed by atoms with Crippen LogP contribution in [0.5, 0.6) is 0 Å². The summed E-state index contributed by atoms with van der Waals surface area (Å²) in [7, 11) is 0. The molecule has 80 valence electrons. The molecule has 15 heavy (non-hydrogen) atoms. The van der Waals surface area contributed by atoms with E-state index in [2.05, 4.69) is 24.7 Å². The molecule has 0 saturated carbocycles. The summed E-state index contributed by atoms with van der Waals surface area (Å²) in [4.78, 5) is 2.18. The van der Waals surface area contributed by atoms with Crippen molar-refractivity contribution in [2.45, 2.75) is 20.0 Å². The van der Waals surface area contributed by atoms with Crippen LogP contribution >= 0.6 is 0 Å². The van der Waals surface area contributed by atoms with Crippen LogP contribution < -0.4 is 4.90 Å². The second-order valence-corrected chi connectivity index (χ2v) is 3.30. The molecule has 0 amide bonds. The van der Waals surface area contributed by atoms with Gasteiger partial charge in [0.25, 0.3) is 0 Å². The van der Waals surface area contributed by atoms with Gasteiger partial charge in [-0.25, -0.2) is 0 Å². The highest BCUT2D eigenvalue weighted by Crippen LogP contribution is 2.25. The van der Waals surface area contributed by atoms with Gasteiger partial charge in [-0.15, -0.1) is 6.42 Å². The standard InChI is InChI=1S/C13H17NO/c1-4-13(15)11-9-7-8-10-12(11)14(5-2)6-3/h1,7-10,13,15H,5-6H2,2-3H3. The molecular weight excluding hydrogens is 186 g/mol. The Bertz CT molecular complexity index is 350. The highest BCUT2D eigenvalue weighted by atomic mass is 16.3. The second kappa shape index (κ2) is 5.43. The summed E-state index contributed by atoms with van der Waals surface area (Å²) in [6.45, 7) is 5.99. The van der Waals surface area contributed by atoms with Crippen LogP contribution in [0.2, 0.25) is 0 Å². The van der Waals surface area contributed by atoms with Crippen LogP contribution in [0.1, 0.15) is 25.5 Å². The van der Waals surface area contributed by atoms with Gasteiger partial charge in [-0.3, -0.25) is 0 Å². The first-order valence-corrected chi connectivity index (χ1v) is 5.22. The third-order valence-corrected chi connectivity index (χ3v) is 2.49. The number of anilines is 1. The first-order chi connectivity index (χ1) is 7.24. The molecule has 0 bridgehead atoms. The zero-order valence-electron chi connectivity index (χ0n) is 9.27. The number of hydrogen-bond acceptors (Lipinski definition) is 2. The Morgan fingerprint density at radius 3 is 2.47 bits per heavy atom. The van der Waals surface area contributed by atoms with Crippen LogP contribution in [0, 0.1) is 12.3 Å². The van der Waals surface area contributed by atoms with Crippen molar-refractivity contribution in [1.29, 1.82) is 0 Å². The van der Waals surface area contributed by atoms with Crippen molar-refractivity contribution in [2.75, 3.05) is 18.0 Å². The van der Waals surface area contributed by atoms with Gasteiger partial charge in [0.15, 0.2) is 0 Å². The van der Waals surface area contributed by atoms with Gasteiger partial charge in [0.05, 0.1) is 0 Å². The minimum atomic E-state index is -0.818. The lowest BCUT2D eigenvalue weighted by atomic mass is 10.1. The van der Waals surface area contributed by atoms with Crippen molar-refractivity contribution in [2.24, 2.45) is 0 Å². The zero-order valence-corrected chi connectivity index (χ0v) is 9.27. The Morgan fingerprint density at radius 1 is 1.33 bits per heavy atom. The average molecular weight is 203 g/mol. The molecule has 2 heteroatoms. The van der Waals surface area contributed by atoms with Gasteiger partial charge in [-0.1, -0.05) is 24.1 Å². The fourth-order valence-electron chi connectivity index (χ4n) is 1.66. The Hall–Kier alpha value is -1.46. The maximum absolute atomic E-state index is 9.69. The minimum absolute atomic E-state index is 0.809. The molecule has 1 N–H and O–H groups in total. The van der Waals surface area contributed by atoms with Crippen molar-refractivity contribution in [1.82, 2.24) is 0 Å². The molecule has 1 aromatic carbocycles. The number of nitrogens with zero attached hydrogens (tertiary/aromatic N) is 1. The smallest absolute Gasteiger partial charge is 0.141 e. The van der Waals surface area contributed by atoms with E-state index < -0.39 is 6.10 Å². The third-order valence-electron chi connectivity index (χ3n) is 2.49. The second-order valence-electron chi connectivity index (χ2n) is 3.30. The first kappa shape index (κ1) is 11.6. The molecule has 0 fully saturated rings. The lowest BCUT2D eigenvalue weighted by molar-refractivity contribution is 0.239. The summed E-state index contributed by atoms with van der Waals surface area (Å²) >= 11 is 0.